The standard InChI is InChI=1S/C11H19NO3S/c1-8(11(13)12-9-6-7-9)16(14,15)10-4-2-3-5-10/h8-10H,2-7H2,1H3,(H,12,13). The second-order valence-corrected chi connectivity index (χ2v) is 7.47. The summed E-state index contributed by atoms with van der Waals surface area (Å²) in [5.74, 6) is -0.311. The van der Waals surface area contributed by atoms with Crippen LogP contribution in [0.15, 0.2) is 0 Å². The number of carbonyl (C=O) groups excluding carboxylic acids is 1. The van der Waals surface area contributed by atoms with E-state index in [2.05, 4.69) is 5.32 Å². The van der Waals surface area contributed by atoms with Crippen molar-refractivity contribution in [2.75, 3.05) is 0 Å². The largest absolute Gasteiger partial charge is 0.352 e. The average molecular weight is 245 g/mol. The van der Waals surface area contributed by atoms with Gasteiger partial charge in [0.2, 0.25) is 5.91 Å². The molecule has 0 bridgehead atoms. The van der Waals surface area contributed by atoms with E-state index in [0.29, 0.717) is 0 Å². The van der Waals surface area contributed by atoms with Crippen LogP contribution >= 0.6 is 0 Å². The third kappa shape index (κ3) is 2.39. The first-order chi connectivity index (χ1) is 7.51. The summed E-state index contributed by atoms with van der Waals surface area (Å²) in [6.07, 6.45) is 5.37. The zero-order valence-electron chi connectivity index (χ0n) is 9.61. The minimum atomic E-state index is -3.27. The highest BCUT2D eigenvalue weighted by Gasteiger charge is 2.38. The van der Waals surface area contributed by atoms with Crippen molar-refractivity contribution in [3.63, 3.8) is 0 Å². The summed E-state index contributed by atoms with van der Waals surface area (Å²) < 4.78 is 24.2. The Kier molecular flexibility index (Phi) is 3.24. The predicted octanol–water partition coefficient (Wildman–Crippen LogP) is 1.01. The van der Waals surface area contributed by atoms with Crippen LogP contribution < -0.4 is 5.32 Å². The summed E-state index contributed by atoms with van der Waals surface area (Å²) in [6.45, 7) is 1.52. The van der Waals surface area contributed by atoms with Crippen molar-refractivity contribution >= 4 is 15.7 Å². The van der Waals surface area contributed by atoms with Crippen LogP contribution in [0.25, 0.3) is 0 Å². The fourth-order valence-electron chi connectivity index (χ4n) is 2.20. The maximum Gasteiger partial charge on any atom is 0.238 e. The maximum absolute atomic E-state index is 12.1. The zero-order chi connectivity index (χ0) is 11.8. The van der Waals surface area contributed by atoms with Crippen LogP contribution in [-0.2, 0) is 14.6 Å². The molecular formula is C11H19NO3S. The van der Waals surface area contributed by atoms with Crippen molar-refractivity contribution in [1.82, 2.24) is 5.32 Å². The highest BCUT2D eigenvalue weighted by molar-refractivity contribution is 7.93. The summed E-state index contributed by atoms with van der Waals surface area (Å²) in [6, 6.07) is 0.230. The van der Waals surface area contributed by atoms with Crippen LogP contribution in [0.5, 0.6) is 0 Å². The molecule has 0 aromatic carbocycles. The Morgan fingerprint density at radius 1 is 1.19 bits per heavy atom. The van der Waals surface area contributed by atoms with Crippen LogP contribution in [-0.4, -0.2) is 30.9 Å². The molecule has 2 aliphatic rings. The number of hydrogen-bond acceptors (Lipinski definition) is 3. The van der Waals surface area contributed by atoms with E-state index < -0.39 is 15.1 Å². The first-order valence-electron chi connectivity index (χ1n) is 6.05. The molecule has 0 radical (unpaired) electrons. The van der Waals surface area contributed by atoms with Gasteiger partial charge in [0, 0.05) is 6.04 Å². The van der Waals surface area contributed by atoms with Gasteiger partial charge in [-0.05, 0) is 32.6 Å². The maximum atomic E-state index is 12.1. The van der Waals surface area contributed by atoms with Crippen LogP contribution in [0.3, 0.4) is 0 Å². The van der Waals surface area contributed by atoms with Gasteiger partial charge in [0.1, 0.15) is 5.25 Å². The van der Waals surface area contributed by atoms with E-state index in [1.807, 2.05) is 0 Å². The molecule has 2 fully saturated rings. The number of hydrogen-bond donors (Lipinski definition) is 1. The molecular weight excluding hydrogens is 226 g/mol. The van der Waals surface area contributed by atoms with Gasteiger partial charge in [-0.3, -0.25) is 4.79 Å². The molecule has 5 heteroatoms. The Hall–Kier alpha value is -0.580. The number of amides is 1. The SMILES string of the molecule is CC(C(=O)NC1CC1)S(=O)(=O)C1CCCC1. The number of sulfone groups is 1. The van der Waals surface area contributed by atoms with Gasteiger partial charge in [-0.15, -0.1) is 0 Å². The normalized spacial score (nSPS) is 24.3. The van der Waals surface area contributed by atoms with Gasteiger partial charge in [-0.2, -0.15) is 0 Å². The van der Waals surface area contributed by atoms with E-state index in [4.69, 9.17) is 0 Å². The second-order valence-electron chi connectivity index (χ2n) is 4.92. The average Bonchev–Trinajstić information content (AvgIpc) is 2.86. The Morgan fingerprint density at radius 2 is 1.75 bits per heavy atom. The summed E-state index contributed by atoms with van der Waals surface area (Å²) in [5, 5.41) is 1.60. The first kappa shape index (κ1) is 11.9. The smallest absolute Gasteiger partial charge is 0.238 e. The lowest BCUT2D eigenvalue weighted by Crippen LogP contribution is -2.42. The van der Waals surface area contributed by atoms with E-state index in [1.54, 1.807) is 0 Å². The van der Waals surface area contributed by atoms with Crippen molar-refractivity contribution in [3.8, 4) is 0 Å². The molecule has 0 heterocycles. The van der Waals surface area contributed by atoms with Crippen LogP contribution in [0, 0.1) is 0 Å². The van der Waals surface area contributed by atoms with Crippen molar-refractivity contribution in [1.29, 1.82) is 0 Å². The van der Waals surface area contributed by atoms with Crippen LogP contribution in [0.1, 0.15) is 45.4 Å². The molecule has 0 aliphatic heterocycles. The quantitative estimate of drug-likeness (QED) is 0.804. The summed E-state index contributed by atoms with van der Waals surface area (Å²) >= 11 is 0. The van der Waals surface area contributed by atoms with Gasteiger partial charge in [-0.25, -0.2) is 8.42 Å². The van der Waals surface area contributed by atoms with E-state index in [9.17, 15) is 13.2 Å². The minimum absolute atomic E-state index is 0.230. The molecule has 2 saturated carbocycles. The third-order valence-corrected chi connectivity index (χ3v) is 6.15. The molecule has 2 aliphatic carbocycles. The summed E-state index contributed by atoms with van der Waals surface area (Å²) in [5.41, 5.74) is 0. The van der Waals surface area contributed by atoms with Gasteiger partial charge in [0.25, 0.3) is 0 Å². The molecule has 1 atom stereocenters. The van der Waals surface area contributed by atoms with E-state index >= 15 is 0 Å². The van der Waals surface area contributed by atoms with Crippen molar-refractivity contribution in [3.05, 3.63) is 0 Å². The fraction of sp³-hybridized carbons (Fsp3) is 0.909. The second kappa shape index (κ2) is 4.35. The molecule has 0 spiro atoms. The molecule has 2 rings (SSSR count). The lowest BCUT2D eigenvalue weighted by molar-refractivity contribution is -0.120. The Labute approximate surface area is 96.7 Å². The van der Waals surface area contributed by atoms with Crippen molar-refractivity contribution < 1.29 is 13.2 Å². The number of nitrogens with one attached hydrogen (secondary N) is 1. The number of carbonyl (C=O) groups is 1. The van der Waals surface area contributed by atoms with Gasteiger partial charge in [0.15, 0.2) is 9.84 Å². The lowest BCUT2D eigenvalue weighted by atomic mass is 10.4. The molecule has 0 aromatic rings. The lowest BCUT2D eigenvalue weighted by Gasteiger charge is -2.17. The van der Waals surface area contributed by atoms with E-state index in [-0.39, 0.29) is 17.2 Å². The molecule has 1 unspecified atom stereocenters. The minimum Gasteiger partial charge on any atom is -0.352 e. The number of rotatable bonds is 4. The van der Waals surface area contributed by atoms with E-state index in [1.165, 1.54) is 6.92 Å². The Bertz CT molecular complexity index is 367. The molecule has 0 saturated heterocycles. The zero-order valence-corrected chi connectivity index (χ0v) is 10.4. The van der Waals surface area contributed by atoms with Crippen LogP contribution in [0.4, 0.5) is 0 Å². The van der Waals surface area contributed by atoms with Gasteiger partial charge < -0.3 is 5.32 Å². The molecule has 1 amide bonds. The predicted molar refractivity (Wildman–Crippen MR) is 61.8 cm³/mol. The van der Waals surface area contributed by atoms with Crippen LogP contribution in [0.2, 0.25) is 0 Å². The highest BCUT2D eigenvalue weighted by Crippen LogP contribution is 2.28. The molecule has 92 valence electrons. The molecule has 1 N–H and O–H groups in total. The van der Waals surface area contributed by atoms with Crippen molar-refractivity contribution in [2.24, 2.45) is 0 Å². The van der Waals surface area contributed by atoms with Gasteiger partial charge in [0.05, 0.1) is 5.25 Å². The van der Waals surface area contributed by atoms with Gasteiger partial charge in [-0.1, -0.05) is 12.8 Å². The molecule has 4 nitrogen and oxygen atoms in total. The Morgan fingerprint density at radius 3 is 2.25 bits per heavy atom. The Balaban J connectivity index is 2.00. The molecule has 0 aromatic heterocycles. The van der Waals surface area contributed by atoms with Gasteiger partial charge >= 0.3 is 0 Å². The first-order valence-corrected chi connectivity index (χ1v) is 7.66. The topological polar surface area (TPSA) is 63.2 Å². The summed E-state index contributed by atoms with van der Waals surface area (Å²) in [4.78, 5) is 11.7. The molecule has 16 heavy (non-hydrogen) atoms. The summed E-state index contributed by atoms with van der Waals surface area (Å²) in [7, 11) is -3.27. The fourth-order valence-corrected chi connectivity index (χ4v) is 4.14. The monoisotopic (exact) mass is 245 g/mol. The van der Waals surface area contributed by atoms with E-state index in [0.717, 1.165) is 38.5 Å². The highest BCUT2D eigenvalue weighted by atomic mass is 32.2. The third-order valence-electron chi connectivity index (χ3n) is 3.55. The van der Waals surface area contributed by atoms with Crippen molar-refractivity contribution in [2.45, 2.75) is 62.0 Å².